The van der Waals surface area contributed by atoms with Crippen molar-refractivity contribution in [2.24, 2.45) is 0 Å². The monoisotopic (exact) mass is 317 g/mol. The summed E-state index contributed by atoms with van der Waals surface area (Å²) >= 11 is 3.50. The maximum Gasteiger partial charge on any atom is 0.255 e. The Hall–Kier alpha value is -1.61. The van der Waals surface area contributed by atoms with Gasteiger partial charge in [-0.05, 0) is 60.0 Å². The molecule has 0 heterocycles. The molecule has 19 heavy (non-hydrogen) atoms. The molecule has 2 nitrogen and oxygen atoms in total. The number of amides is 1. The Morgan fingerprint density at radius 3 is 2.53 bits per heavy atom. The molecule has 0 radical (unpaired) electrons. The summed E-state index contributed by atoms with van der Waals surface area (Å²) in [4.78, 5) is 12.3. The lowest BCUT2D eigenvalue weighted by Gasteiger charge is -2.11. The molecule has 0 unspecified atom stereocenters. The van der Waals surface area contributed by atoms with Gasteiger partial charge < -0.3 is 5.32 Å². The van der Waals surface area contributed by atoms with Crippen molar-refractivity contribution >= 4 is 27.5 Å². The van der Waals surface area contributed by atoms with Gasteiger partial charge in [-0.1, -0.05) is 29.8 Å². The van der Waals surface area contributed by atoms with Crippen LogP contribution in [0.3, 0.4) is 0 Å². The van der Waals surface area contributed by atoms with E-state index in [-0.39, 0.29) is 5.91 Å². The Kier molecular flexibility index (Phi) is 4.05. The molecule has 0 spiro atoms. The van der Waals surface area contributed by atoms with E-state index >= 15 is 0 Å². The van der Waals surface area contributed by atoms with Gasteiger partial charge in [0.2, 0.25) is 0 Å². The SMILES string of the molecule is Cc1ccc(C)c(C(=O)Nc2cccc(C)c2Br)c1. The van der Waals surface area contributed by atoms with Gasteiger partial charge in [-0.2, -0.15) is 0 Å². The maximum absolute atomic E-state index is 12.3. The molecule has 2 rings (SSSR count). The van der Waals surface area contributed by atoms with E-state index in [9.17, 15) is 4.79 Å². The highest BCUT2D eigenvalue weighted by Crippen LogP contribution is 2.26. The number of hydrogen-bond acceptors (Lipinski definition) is 1. The lowest BCUT2D eigenvalue weighted by atomic mass is 10.0. The summed E-state index contributed by atoms with van der Waals surface area (Å²) in [5.74, 6) is -0.0764. The zero-order chi connectivity index (χ0) is 14.0. The highest BCUT2D eigenvalue weighted by molar-refractivity contribution is 9.10. The molecule has 98 valence electrons. The number of hydrogen-bond donors (Lipinski definition) is 1. The molecular formula is C16H16BrNO. The van der Waals surface area contributed by atoms with E-state index in [0.29, 0.717) is 5.56 Å². The van der Waals surface area contributed by atoms with Crippen molar-refractivity contribution in [1.29, 1.82) is 0 Å². The minimum absolute atomic E-state index is 0.0764. The van der Waals surface area contributed by atoms with E-state index in [1.807, 2.05) is 57.2 Å². The molecule has 1 amide bonds. The average Bonchev–Trinajstić information content (AvgIpc) is 2.38. The van der Waals surface area contributed by atoms with Crippen molar-refractivity contribution < 1.29 is 4.79 Å². The van der Waals surface area contributed by atoms with Crippen LogP contribution in [0.25, 0.3) is 0 Å². The van der Waals surface area contributed by atoms with Crippen LogP contribution in [0, 0.1) is 20.8 Å². The Bertz CT molecular complexity index is 635. The standard InChI is InChI=1S/C16H16BrNO/c1-10-7-8-11(2)13(9-10)16(19)18-14-6-4-5-12(3)15(14)17/h4-9H,1-3H3,(H,18,19). The second-order valence-corrected chi connectivity index (χ2v) is 5.50. The van der Waals surface area contributed by atoms with Crippen LogP contribution in [0.4, 0.5) is 5.69 Å². The molecule has 0 aromatic heterocycles. The third kappa shape index (κ3) is 3.04. The van der Waals surface area contributed by atoms with Crippen LogP contribution >= 0.6 is 15.9 Å². The number of carbonyl (C=O) groups excluding carboxylic acids is 1. The van der Waals surface area contributed by atoms with Crippen molar-refractivity contribution in [2.75, 3.05) is 5.32 Å². The lowest BCUT2D eigenvalue weighted by Crippen LogP contribution is -2.14. The Morgan fingerprint density at radius 2 is 1.79 bits per heavy atom. The minimum Gasteiger partial charge on any atom is -0.321 e. The van der Waals surface area contributed by atoms with Crippen LogP contribution in [0.5, 0.6) is 0 Å². The summed E-state index contributed by atoms with van der Waals surface area (Å²) in [7, 11) is 0. The number of nitrogens with one attached hydrogen (secondary N) is 1. The van der Waals surface area contributed by atoms with E-state index < -0.39 is 0 Å². The largest absolute Gasteiger partial charge is 0.321 e. The van der Waals surface area contributed by atoms with Crippen molar-refractivity contribution in [2.45, 2.75) is 20.8 Å². The van der Waals surface area contributed by atoms with Crippen LogP contribution in [0.15, 0.2) is 40.9 Å². The predicted molar refractivity (Wildman–Crippen MR) is 82.7 cm³/mol. The molecule has 3 heteroatoms. The number of benzene rings is 2. The van der Waals surface area contributed by atoms with Crippen LogP contribution in [-0.4, -0.2) is 5.91 Å². The van der Waals surface area contributed by atoms with Gasteiger partial charge in [-0.25, -0.2) is 0 Å². The Labute approximate surface area is 122 Å². The molecule has 0 aliphatic carbocycles. The first-order chi connectivity index (χ1) is 8.99. The smallest absolute Gasteiger partial charge is 0.255 e. The van der Waals surface area contributed by atoms with Gasteiger partial charge in [0.15, 0.2) is 0 Å². The Morgan fingerprint density at radius 1 is 1.05 bits per heavy atom. The summed E-state index contributed by atoms with van der Waals surface area (Å²) in [5, 5.41) is 2.95. The molecular weight excluding hydrogens is 302 g/mol. The highest BCUT2D eigenvalue weighted by atomic mass is 79.9. The average molecular weight is 318 g/mol. The molecule has 0 aliphatic heterocycles. The van der Waals surface area contributed by atoms with Crippen molar-refractivity contribution in [3.05, 3.63) is 63.1 Å². The van der Waals surface area contributed by atoms with E-state index in [2.05, 4.69) is 21.2 Å². The molecule has 0 aliphatic rings. The molecule has 2 aromatic rings. The van der Waals surface area contributed by atoms with Crippen molar-refractivity contribution in [1.82, 2.24) is 0 Å². The van der Waals surface area contributed by atoms with E-state index in [1.165, 1.54) is 0 Å². The highest BCUT2D eigenvalue weighted by Gasteiger charge is 2.11. The van der Waals surface area contributed by atoms with Crippen LogP contribution < -0.4 is 5.32 Å². The number of anilines is 1. The second-order valence-electron chi connectivity index (χ2n) is 4.71. The summed E-state index contributed by atoms with van der Waals surface area (Å²) < 4.78 is 0.925. The predicted octanol–water partition coefficient (Wildman–Crippen LogP) is 4.63. The summed E-state index contributed by atoms with van der Waals surface area (Å²) in [5.41, 5.74) is 4.67. The van der Waals surface area contributed by atoms with Gasteiger partial charge in [0.05, 0.1) is 5.69 Å². The van der Waals surface area contributed by atoms with Crippen LogP contribution in [0.1, 0.15) is 27.0 Å². The normalized spacial score (nSPS) is 10.3. The third-order valence-electron chi connectivity index (χ3n) is 3.08. The van der Waals surface area contributed by atoms with Crippen LogP contribution in [-0.2, 0) is 0 Å². The summed E-state index contributed by atoms with van der Waals surface area (Å²) in [6.07, 6.45) is 0. The fraction of sp³-hybridized carbons (Fsp3) is 0.188. The van der Waals surface area contributed by atoms with E-state index in [0.717, 1.165) is 26.9 Å². The molecule has 2 aromatic carbocycles. The quantitative estimate of drug-likeness (QED) is 0.859. The van der Waals surface area contributed by atoms with Gasteiger partial charge in [0.25, 0.3) is 5.91 Å². The second kappa shape index (κ2) is 5.57. The van der Waals surface area contributed by atoms with Crippen LogP contribution in [0.2, 0.25) is 0 Å². The molecule has 0 fully saturated rings. The number of rotatable bonds is 2. The van der Waals surface area contributed by atoms with Gasteiger partial charge >= 0.3 is 0 Å². The molecule has 0 saturated heterocycles. The van der Waals surface area contributed by atoms with Gasteiger partial charge in [0, 0.05) is 10.0 Å². The minimum atomic E-state index is -0.0764. The Balaban J connectivity index is 2.31. The topological polar surface area (TPSA) is 29.1 Å². The van der Waals surface area contributed by atoms with Gasteiger partial charge in [-0.15, -0.1) is 0 Å². The lowest BCUT2D eigenvalue weighted by molar-refractivity contribution is 0.102. The zero-order valence-corrected chi connectivity index (χ0v) is 12.8. The first kappa shape index (κ1) is 13.8. The maximum atomic E-state index is 12.3. The van der Waals surface area contributed by atoms with E-state index in [1.54, 1.807) is 0 Å². The number of carbonyl (C=O) groups is 1. The first-order valence-electron chi connectivity index (χ1n) is 6.13. The van der Waals surface area contributed by atoms with Crippen molar-refractivity contribution in [3.8, 4) is 0 Å². The zero-order valence-electron chi connectivity index (χ0n) is 11.3. The molecule has 0 bridgehead atoms. The summed E-state index contributed by atoms with van der Waals surface area (Å²) in [6.45, 7) is 5.93. The number of halogens is 1. The van der Waals surface area contributed by atoms with Gasteiger partial charge in [-0.3, -0.25) is 4.79 Å². The molecule has 0 atom stereocenters. The first-order valence-corrected chi connectivity index (χ1v) is 6.92. The molecule has 1 N–H and O–H groups in total. The van der Waals surface area contributed by atoms with E-state index in [4.69, 9.17) is 0 Å². The fourth-order valence-corrected chi connectivity index (χ4v) is 2.28. The number of aryl methyl sites for hydroxylation is 3. The van der Waals surface area contributed by atoms with Crippen molar-refractivity contribution in [3.63, 3.8) is 0 Å². The molecule has 0 saturated carbocycles. The van der Waals surface area contributed by atoms with Gasteiger partial charge in [0.1, 0.15) is 0 Å². The fourth-order valence-electron chi connectivity index (χ4n) is 1.91. The summed E-state index contributed by atoms with van der Waals surface area (Å²) in [6, 6.07) is 11.7. The third-order valence-corrected chi connectivity index (χ3v) is 4.13.